The quantitative estimate of drug-likeness (QED) is 0.253. The first kappa shape index (κ1) is 23.2. The lowest BCUT2D eigenvalue weighted by molar-refractivity contribution is 0.0951. The average Bonchev–Trinajstić information content (AvgIpc) is 2.84. The zero-order valence-electron chi connectivity index (χ0n) is 18.6. The highest BCUT2D eigenvalue weighted by atomic mass is 35.5. The average molecular weight is 472 g/mol. The summed E-state index contributed by atoms with van der Waals surface area (Å²) >= 11 is 6.15. The normalized spacial score (nSPS) is 10.5. The van der Waals surface area contributed by atoms with Crippen molar-refractivity contribution in [1.29, 1.82) is 0 Å². The topological polar surface area (TPSA) is 76.4 Å². The van der Waals surface area contributed by atoms with Crippen LogP contribution in [0.15, 0.2) is 97.1 Å². The van der Waals surface area contributed by atoms with Crippen LogP contribution in [0, 0.1) is 0 Å². The standard InChI is InChI=1S/C28H26ClN3O2/c29-27-9-5-4-8-22(27)19-31-28(33)21-10-12-24(13-11-21)32-25-16-23(30)17-26(18-25)34-15-14-20-6-2-1-3-7-20/h1-13,16-18,32H,14-15,19,30H2,(H,31,33). The Kier molecular flexibility index (Phi) is 7.68. The molecule has 0 aliphatic rings. The monoisotopic (exact) mass is 471 g/mol. The van der Waals surface area contributed by atoms with Crippen LogP contribution in [0.2, 0.25) is 5.02 Å². The van der Waals surface area contributed by atoms with Crippen LogP contribution in [0.3, 0.4) is 0 Å². The van der Waals surface area contributed by atoms with E-state index in [9.17, 15) is 4.79 Å². The third-order valence-corrected chi connectivity index (χ3v) is 5.63. The van der Waals surface area contributed by atoms with Gasteiger partial charge < -0.3 is 21.1 Å². The van der Waals surface area contributed by atoms with Crippen molar-refractivity contribution in [3.63, 3.8) is 0 Å². The minimum atomic E-state index is -0.162. The van der Waals surface area contributed by atoms with Gasteiger partial charge in [-0.05, 0) is 47.5 Å². The van der Waals surface area contributed by atoms with Gasteiger partial charge in [0.2, 0.25) is 0 Å². The molecule has 0 fully saturated rings. The van der Waals surface area contributed by atoms with Gasteiger partial charge in [0, 0.05) is 52.7 Å². The number of ether oxygens (including phenoxy) is 1. The number of amides is 1. The summed E-state index contributed by atoms with van der Waals surface area (Å²) in [5.74, 6) is 0.540. The molecule has 4 rings (SSSR count). The molecule has 1 amide bonds. The lowest BCUT2D eigenvalue weighted by atomic mass is 10.1. The molecule has 0 aromatic heterocycles. The van der Waals surface area contributed by atoms with Gasteiger partial charge in [0.1, 0.15) is 5.75 Å². The van der Waals surface area contributed by atoms with Gasteiger partial charge in [-0.3, -0.25) is 4.79 Å². The largest absolute Gasteiger partial charge is 0.493 e. The molecule has 5 nitrogen and oxygen atoms in total. The maximum Gasteiger partial charge on any atom is 0.251 e. The zero-order valence-corrected chi connectivity index (χ0v) is 19.4. The lowest BCUT2D eigenvalue weighted by Gasteiger charge is -2.12. The minimum absolute atomic E-state index is 0.162. The molecule has 0 unspecified atom stereocenters. The van der Waals surface area contributed by atoms with Crippen molar-refractivity contribution >= 4 is 34.6 Å². The summed E-state index contributed by atoms with van der Waals surface area (Å²) in [5, 5.41) is 6.84. The van der Waals surface area contributed by atoms with Crippen molar-refractivity contribution in [3.8, 4) is 5.75 Å². The van der Waals surface area contributed by atoms with E-state index in [1.165, 1.54) is 5.56 Å². The SMILES string of the molecule is Nc1cc(Nc2ccc(C(=O)NCc3ccccc3Cl)cc2)cc(OCCc2ccccc2)c1. The number of nitrogens with two attached hydrogens (primary N) is 1. The van der Waals surface area contributed by atoms with Crippen LogP contribution < -0.4 is 21.1 Å². The molecular weight excluding hydrogens is 446 g/mol. The molecule has 4 aromatic carbocycles. The first-order chi connectivity index (χ1) is 16.6. The second-order valence-corrected chi connectivity index (χ2v) is 8.26. The van der Waals surface area contributed by atoms with Crippen molar-refractivity contribution in [2.24, 2.45) is 0 Å². The van der Waals surface area contributed by atoms with Crippen LogP contribution in [0.5, 0.6) is 5.75 Å². The molecule has 172 valence electrons. The van der Waals surface area contributed by atoms with E-state index >= 15 is 0 Å². The Morgan fingerprint density at radius 1 is 0.853 bits per heavy atom. The molecule has 0 radical (unpaired) electrons. The fourth-order valence-corrected chi connectivity index (χ4v) is 3.70. The smallest absolute Gasteiger partial charge is 0.251 e. The summed E-state index contributed by atoms with van der Waals surface area (Å²) in [6.45, 7) is 0.930. The lowest BCUT2D eigenvalue weighted by Crippen LogP contribution is -2.22. The summed E-state index contributed by atoms with van der Waals surface area (Å²) < 4.78 is 5.91. The van der Waals surface area contributed by atoms with Gasteiger partial charge in [-0.25, -0.2) is 0 Å². The fraction of sp³-hybridized carbons (Fsp3) is 0.107. The van der Waals surface area contributed by atoms with E-state index in [4.69, 9.17) is 22.1 Å². The van der Waals surface area contributed by atoms with E-state index in [0.717, 1.165) is 23.4 Å². The number of anilines is 3. The first-order valence-corrected chi connectivity index (χ1v) is 11.4. The number of benzene rings is 4. The highest BCUT2D eigenvalue weighted by Gasteiger charge is 2.08. The Hall–Kier alpha value is -3.96. The number of nitrogens with one attached hydrogen (secondary N) is 2. The van der Waals surface area contributed by atoms with E-state index in [0.29, 0.717) is 35.2 Å². The molecule has 0 spiro atoms. The number of carbonyl (C=O) groups excluding carboxylic acids is 1. The number of halogens is 1. The van der Waals surface area contributed by atoms with Crippen LogP contribution in [-0.2, 0) is 13.0 Å². The van der Waals surface area contributed by atoms with E-state index in [-0.39, 0.29) is 5.91 Å². The van der Waals surface area contributed by atoms with Gasteiger partial charge in [0.15, 0.2) is 0 Å². The number of hydrogen-bond donors (Lipinski definition) is 3. The van der Waals surface area contributed by atoms with Crippen LogP contribution in [-0.4, -0.2) is 12.5 Å². The zero-order chi connectivity index (χ0) is 23.8. The Morgan fingerprint density at radius 3 is 2.35 bits per heavy atom. The molecule has 4 N–H and O–H groups in total. The Balaban J connectivity index is 1.33. The predicted octanol–water partition coefficient (Wildman–Crippen LogP) is 6.22. The van der Waals surface area contributed by atoms with Gasteiger partial charge >= 0.3 is 0 Å². The highest BCUT2D eigenvalue weighted by Crippen LogP contribution is 2.26. The van der Waals surface area contributed by atoms with Crippen LogP contribution >= 0.6 is 11.6 Å². The van der Waals surface area contributed by atoms with Gasteiger partial charge in [0.05, 0.1) is 6.61 Å². The van der Waals surface area contributed by atoms with Crippen molar-refractivity contribution in [2.75, 3.05) is 17.7 Å². The molecule has 34 heavy (non-hydrogen) atoms. The van der Waals surface area contributed by atoms with Gasteiger partial charge in [-0.15, -0.1) is 0 Å². The van der Waals surface area contributed by atoms with Crippen LogP contribution in [0.25, 0.3) is 0 Å². The second-order valence-electron chi connectivity index (χ2n) is 7.85. The molecule has 4 aromatic rings. The Morgan fingerprint density at radius 2 is 1.59 bits per heavy atom. The molecule has 0 saturated heterocycles. The van der Waals surface area contributed by atoms with Crippen molar-refractivity contribution in [1.82, 2.24) is 5.32 Å². The summed E-state index contributed by atoms with van der Waals surface area (Å²) in [6.07, 6.45) is 0.818. The summed E-state index contributed by atoms with van der Waals surface area (Å²) in [4.78, 5) is 12.5. The molecule has 6 heteroatoms. The maximum atomic E-state index is 12.5. The second kappa shape index (κ2) is 11.3. The van der Waals surface area contributed by atoms with Crippen molar-refractivity contribution in [2.45, 2.75) is 13.0 Å². The predicted molar refractivity (Wildman–Crippen MR) is 139 cm³/mol. The third-order valence-electron chi connectivity index (χ3n) is 5.26. The first-order valence-electron chi connectivity index (χ1n) is 11.0. The van der Waals surface area contributed by atoms with Crippen molar-refractivity contribution in [3.05, 3.63) is 119 Å². The number of nitrogen functional groups attached to an aromatic ring is 1. The molecular formula is C28H26ClN3O2. The summed E-state index contributed by atoms with van der Waals surface area (Å²) in [6, 6.07) is 30.4. The van der Waals surface area contributed by atoms with Gasteiger partial charge in [0.25, 0.3) is 5.91 Å². The Labute approximate surface area is 204 Å². The molecule has 0 aliphatic heterocycles. The van der Waals surface area contributed by atoms with E-state index in [1.54, 1.807) is 18.2 Å². The van der Waals surface area contributed by atoms with Gasteiger partial charge in [-0.1, -0.05) is 60.1 Å². The van der Waals surface area contributed by atoms with Crippen molar-refractivity contribution < 1.29 is 9.53 Å². The fourth-order valence-electron chi connectivity index (χ4n) is 3.50. The summed E-state index contributed by atoms with van der Waals surface area (Å²) in [7, 11) is 0. The number of rotatable bonds is 9. The molecule has 0 bridgehead atoms. The molecule has 0 atom stereocenters. The third kappa shape index (κ3) is 6.53. The van der Waals surface area contributed by atoms with E-state index in [2.05, 4.69) is 22.8 Å². The molecule has 0 heterocycles. The Bertz CT molecular complexity index is 1240. The van der Waals surface area contributed by atoms with Crippen LogP contribution in [0.4, 0.5) is 17.1 Å². The summed E-state index contributed by atoms with van der Waals surface area (Å²) in [5.41, 5.74) is 11.0. The number of hydrogen-bond acceptors (Lipinski definition) is 4. The van der Waals surface area contributed by atoms with Gasteiger partial charge in [-0.2, -0.15) is 0 Å². The number of carbonyl (C=O) groups is 1. The highest BCUT2D eigenvalue weighted by molar-refractivity contribution is 6.31. The molecule has 0 saturated carbocycles. The minimum Gasteiger partial charge on any atom is -0.493 e. The van der Waals surface area contributed by atoms with E-state index in [1.807, 2.05) is 66.7 Å². The molecule has 0 aliphatic carbocycles. The van der Waals surface area contributed by atoms with E-state index < -0.39 is 0 Å². The van der Waals surface area contributed by atoms with Crippen LogP contribution in [0.1, 0.15) is 21.5 Å². The maximum absolute atomic E-state index is 12.5.